The largest absolute Gasteiger partial charge is 0.322 e. The van der Waals surface area contributed by atoms with E-state index < -0.39 is 0 Å². The van der Waals surface area contributed by atoms with Gasteiger partial charge in [0.2, 0.25) is 0 Å². The highest BCUT2D eigenvalue weighted by molar-refractivity contribution is 5.90. The number of hydrogen-bond donors (Lipinski definition) is 1. The van der Waals surface area contributed by atoms with E-state index in [4.69, 9.17) is 0 Å². The van der Waals surface area contributed by atoms with Crippen molar-refractivity contribution in [2.45, 2.75) is 13.8 Å². The summed E-state index contributed by atoms with van der Waals surface area (Å²) in [5.41, 5.74) is 3.18. The number of piperazine rings is 1. The molecule has 1 aliphatic heterocycles. The third kappa shape index (κ3) is 4.71. The maximum absolute atomic E-state index is 12.4. The van der Waals surface area contributed by atoms with Gasteiger partial charge in [-0.25, -0.2) is 4.79 Å². The van der Waals surface area contributed by atoms with Crippen LogP contribution in [-0.2, 0) is 0 Å². The minimum absolute atomic E-state index is 0.0148. The third-order valence-corrected chi connectivity index (χ3v) is 4.16. The summed E-state index contributed by atoms with van der Waals surface area (Å²) in [5, 5.41) is 3.05. The Bertz CT molecular complexity index is 507. The topological polar surface area (TPSA) is 38.8 Å². The third-order valence-electron chi connectivity index (χ3n) is 4.16. The fraction of sp³-hybridized carbons (Fsp3) is 0.588. The summed E-state index contributed by atoms with van der Waals surface area (Å²) >= 11 is 0. The van der Waals surface area contributed by atoms with Gasteiger partial charge < -0.3 is 15.1 Å². The summed E-state index contributed by atoms with van der Waals surface area (Å²) in [6, 6.07) is 6.15. The molecule has 1 aliphatic rings. The zero-order valence-corrected chi connectivity index (χ0v) is 14.2. The molecule has 2 amide bonds. The molecule has 5 heteroatoms. The maximum Gasteiger partial charge on any atom is 0.321 e. The molecule has 1 aromatic rings. The number of carbonyl (C=O) groups excluding carboxylic acids is 1. The first-order valence-corrected chi connectivity index (χ1v) is 7.96. The molecule has 0 radical (unpaired) electrons. The summed E-state index contributed by atoms with van der Waals surface area (Å²) < 4.78 is 0. The summed E-state index contributed by atoms with van der Waals surface area (Å²) in [7, 11) is 4.18. The molecule has 1 saturated heterocycles. The van der Waals surface area contributed by atoms with Crippen molar-refractivity contribution >= 4 is 11.7 Å². The Morgan fingerprint density at radius 3 is 2.50 bits per heavy atom. The van der Waals surface area contributed by atoms with Gasteiger partial charge in [0, 0.05) is 45.0 Å². The van der Waals surface area contributed by atoms with E-state index in [0.717, 1.165) is 56.1 Å². The van der Waals surface area contributed by atoms with Crippen LogP contribution in [0.25, 0.3) is 0 Å². The van der Waals surface area contributed by atoms with Crippen molar-refractivity contribution in [1.82, 2.24) is 14.7 Å². The highest BCUT2D eigenvalue weighted by Gasteiger charge is 2.21. The summed E-state index contributed by atoms with van der Waals surface area (Å²) in [6.07, 6.45) is 0. The standard InChI is InChI=1S/C17H28N4O/c1-14-5-6-15(2)16(13-14)18-17(22)21-11-9-20(10-12-21)8-7-19(3)4/h5-6,13H,7-12H2,1-4H3,(H,18,22). The van der Waals surface area contributed by atoms with Crippen molar-refractivity contribution in [1.29, 1.82) is 0 Å². The number of nitrogens with zero attached hydrogens (tertiary/aromatic N) is 3. The lowest BCUT2D eigenvalue weighted by Crippen LogP contribution is -2.51. The number of benzene rings is 1. The van der Waals surface area contributed by atoms with Crippen LogP contribution in [0.15, 0.2) is 18.2 Å². The van der Waals surface area contributed by atoms with Crippen molar-refractivity contribution < 1.29 is 4.79 Å². The van der Waals surface area contributed by atoms with Gasteiger partial charge in [0.25, 0.3) is 0 Å². The molecule has 0 bridgehead atoms. The molecule has 1 aromatic carbocycles. The van der Waals surface area contributed by atoms with E-state index in [2.05, 4.69) is 35.3 Å². The van der Waals surface area contributed by atoms with Gasteiger partial charge >= 0.3 is 6.03 Å². The molecule has 1 heterocycles. The van der Waals surface area contributed by atoms with Gasteiger partial charge in [-0.05, 0) is 45.1 Å². The van der Waals surface area contributed by atoms with E-state index in [1.165, 1.54) is 0 Å². The Kier molecular flexibility index (Phi) is 5.80. The number of rotatable bonds is 4. The second-order valence-corrected chi connectivity index (χ2v) is 6.38. The second kappa shape index (κ2) is 7.61. The van der Waals surface area contributed by atoms with E-state index in [1.807, 2.05) is 30.9 Å². The van der Waals surface area contributed by atoms with E-state index in [9.17, 15) is 4.79 Å². The number of carbonyl (C=O) groups is 1. The fourth-order valence-electron chi connectivity index (χ4n) is 2.58. The lowest BCUT2D eigenvalue weighted by molar-refractivity contribution is 0.140. The highest BCUT2D eigenvalue weighted by Crippen LogP contribution is 2.17. The number of nitrogens with one attached hydrogen (secondary N) is 1. The Labute approximate surface area is 133 Å². The van der Waals surface area contributed by atoms with Crippen LogP contribution in [0.2, 0.25) is 0 Å². The molecule has 1 fully saturated rings. The van der Waals surface area contributed by atoms with Gasteiger partial charge in [-0.1, -0.05) is 12.1 Å². The van der Waals surface area contributed by atoms with Gasteiger partial charge in [0.1, 0.15) is 0 Å². The number of amides is 2. The van der Waals surface area contributed by atoms with Crippen LogP contribution in [0.3, 0.4) is 0 Å². The average molecular weight is 304 g/mol. The molecule has 122 valence electrons. The molecule has 0 aromatic heterocycles. The zero-order valence-electron chi connectivity index (χ0n) is 14.2. The molecule has 0 saturated carbocycles. The number of urea groups is 1. The Morgan fingerprint density at radius 1 is 1.18 bits per heavy atom. The van der Waals surface area contributed by atoms with Crippen LogP contribution in [0.5, 0.6) is 0 Å². The minimum Gasteiger partial charge on any atom is -0.322 e. The monoisotopic (exact) mass is 304 g/mol. The summed E-state index contributed by atoms with van der Waals surface area (Å²) in [6.45, 7) is 9.69. The van der Waals surface area contributed by atoms with Gasteiger partial charge in [-0.3, -0.25) is 4.90 Å². The SMILES string of the molecule is Cc1ccc(C)c(NC(=O)N2CCN(CCN(C)C)CC2)c1. The van der Waals surface area contributed by atoms with Crippen LogP contribution < -0.4 is 5.32 Å². The molecule has 0 atom stereocenters. The first-order chi connectivity index (χ1) is 10.5. The number of aryl methyl sites for hydroxylation is 2. The minimum atomic E-state index is 0.0148. The van der Waals surface area contributed by atoms with Gasteiger partial charge in [-0.2, -0.15) is 0 Å². The van der Waals surface area contributed by atoms with Crippen LogP contribution in [-0.4, -0.2) is 74.1 Å². The lowest BCUT2D eigenvalue weighted by Gasteiger charge is -2.35. The van der Waals surface area contributed by atoms with Crippen molar-refractivity contribution in [3.05, 3.63) is 29.3 Å². The first-order valence-electron chi connectivity index (χ1n) is 7.96. The predicted octanol–water partition coefficient (Wildman–Crippen LogP) is 2.01. The summed E-state index contributed by atoms with van der Waals surface area (Å²) in [4.78, 5) is 18.9. The van der Waals surface area contributed by atoms with Gasteiger partial charge in [0.05, 0.1) is 0 Å². The van der Waals surface area contributed by atoms with Crippen molar-refractivity contribution in [2.75, 3.05) is 58.7 Å². The molecule has 5 nitrogen and oxygen atoms in total. The Hall–Kier alpha value is -1.59. The number of hydrogen-bond acceptors (Lipinski definition) is 3. The Morgan fingerprint density at radius 2 is 1.86 bits per heavy atom. The molecule has 0 aliphatic carbocycles. The fourth-order valence-corrected chi connectivity index (χ4v) is 2.58. The highest BCUT2D eigenvalue weighted by atomic mass is 16.2. The Balaban J connectivity index is 1.83. The van der Waals surface area contributed by atoms with Gasteiger partial charge in [-0.15, -0.1) is 0 Å². The molecular formula is C17H28N4O. The van der Waals surface area contributed by atoms with E-state index in [0.29, 0.717) is 0 Å². The van der Waals surface area contributed by atoms with Crippen LogP contribution >= 0.6 is 0 Å². The van der Waals surface area contributed by atoms with E-state index in [-0.39, 0.29) is 6.03 Å². The summed E-state index contributed by atoms with van der Waals surface area (Å²) in [5.74, 6) is 0. The number of likely N-dealkylation sites (N-methyl/N-ethyl adjacent to an activating group) is 1. The molecule has 0 unspecified atom stereocenters. The van der Waals surface area contributed by atoms with E-state index >= 15 is 0 Å². The first kappa shape index (κ1) is 16.8. The molecule has 22 heavy (non-hydrogen) atoms. The lowest BCUT2D eigenvalue weighted by atomic mass is 10.1. The molecule has 2 rings (SSSR count). The maximum atomic E-state index is 12.4. The van der Waals surface area contributed by atoms with Crippen molar-refractivity contribution in [3.63, 3.8) is 0 Å². The van der Waals surface area contributed by atoms with E-state index in [1.54, 1.807) is 0 Å². The molecule has 1 N–H and O–H groups in total. The van der Waals surface area contributed by atoms with Crippen molar-refractivity contribution in [2.24, 2.45) is 0 Å². The van der Waals surface area contributed by atoms with Crippen LogP contribution in [0.1, 0.15) is 11.1 Å². The zero-order chi connectivity index (χ0) is 16.1. The van der Waals surface area contributed by atoms with Crippen LogP contribution in [0, 0.1) is 13.8 Å². The predicted molar refractivity (Wildman–Crippen MR) is 91.5 cm³/mol. The van der Waals surface area contributed by atoms with Crippen LogP contribution in [0.4, 0.5) is 10.5 Å². The molecular weight excluding hydrogens is 276 g/mol. The quantitative estimate of drug-likeness (QED) is 0.925. The normalized spacial score (nSPS) is 16.1. The smallest absolute Gasteiger partial charge is 0.321 e. The number of anilines is 1. The van der Waals surface area contributed by atoms with Gasteiger partial charge in [0.15, 0.2) is 0 Å². The van der Waals surface area contributed by atoms with Crippen molar-refractivity contribution in [3.8, 4) is 0 Å². The average Bonchev–Trinajstić information content (AvgIpc) is 2.49. The molecule has 0 spiro atoms. The second-order valence-electron chi connectivity index (χ2n) is 6.38.